The number of hydrogen-bond acceptors (Lipinski definition) is 0. The summed E-state index contributed by atoms with van der Waals surface area (Å²) in [4.78, 5) is 0. The molecule has 8 aromatic carbocycles. The van der Waals surface area contributed by atoms with Crippen LogP contribution in [0, 0.1) is 0 Å². The Morgan fingerprint density at radius 2 is 0.484 bits per heavy atom. The Hall–Kier alpha value is -7.28. The molecule has 0 nitrogen and oxygen atoms in total. The molecule has 0 aliphatic heterocycles. The lowest BCUT2D eigenvalue weighted by atomic mass is 9.78. The third kappa shape index (κ3) is 6.60. The molecule has 4 aliphatic carbocycles. The minimum Gasteiger partial charge on any atom is -0.0842 e. The molecule has 0 saturated carbocycles. The van der Waals surface area contributed by atoms with Crippen molar-refractivity contribution in [2.24, 2.45) is 0 Å². The van der Waals surface area contributed by atoms with Gasteiger partial charge in [-0.2, -0.15) is 0 Å². The molecular weight excluding hydrogens is 769 g/mol. The second kappa shape index (κ2) is 16.4. The van der Waals surface area contributed by atoms with Gasteiger partial charge in [-0.05, 0) is 172 Å². The maximum Gasteiger partial charge on any atom is -0.00139 e. The van der Waals surface area contributed by atoms with Crippen LogP contribution in [-0.4, -0.2) is 0 Å². The minimum atomic E-state index is 1.04. The van der Waals surface area contributed by atoms with Gasteiger partial charge >= 0.3 is 0 Å². The maximum atomic E-state index is 2.40. The second-order valence-corrected chi connectivity index (χ2v) is 17.9. The fourth-order valence-electron chi connectivity index (χ4n) is 11.3. The van der Waals surface area contributed by atoms with E-state index in [9.17, 15) is 0 Å². The zero-order chi connectivity index (χ0) is 42.4. The summed E-state index contributed by atoms with van der Waals surface area (Å²) >= 11 is 0. The lowest BCUT2D eigenvalue weighted by Crippen LogP contribution is -2.00. The molecule has 0 heteroatoms. The molecule has 306 valence electrons. The molecule has 0 amide bonds. The summed E-state index contributed by atoms with van der Waals surface area (Å²) in [5.41, 5.74) is 19.3. The van der Waals surface area contributed by atoms with Crippen molar-refractivity contribution < 1.29 is 0 Å². The Labute approximate surface area is 377 Å². The van der Waals surface area contributed by atoms with Crippen molar-refractivity contribution in [3.63, 3.8) is 0 Å². The van der Waals surface area contributed by atoms with Crippen LogP contribution < -0.4 is 0 Å². The van der Waals surface area contributed by atoms with Gasteiger partial charge in [-0.1, -0.05) is 206 Å². The summed E-state index contributed by atoms with van der Waals surface area (Å²) in [5.74, 6) is 0. The Morgan fingerprint density at radius 1 is 0.219 bits per heavy atom. The average Bonchev–Trinajstić information content (AvgIpc) is 3.38. The minimum absolute atomic E-state index is 1.04. The monoisotopic (exact) mass is 818 g/mol. The Morgan fingerprint density at radius 3 is 0.781 bits per heavy atom. The van der Waals surface area contributed by atoms with Gasteiger partial charge in [0.15, 0.2) is 0 Å². The van der Waals surface area contributed by atoms with E-state index in [1.807, 2.05) is 0 Å². The van der Waals surface area contributed by atoms with E-state index in [1.165, 1.54) is 121 Å². The molecule has 0 spiro atoms. The molecule has 0 radical (unpaired) electrons. The van der Waals surface area contributed by atoms with E-state index in [1.54, 1.807) is 0 Å². The molecule has 0 bridgehead atoms. The first kappa shape index (κ1) is 38.4. The van der Waals surface area contributed by atoms with E-state index >= 15 is 0 Å². The van der Waals surface area contributed by atoms with E-state index < -0.39 is 0 Å². The highest BCUT2D eigenvalue weighted by atomic mass is 14.3. The number of hydrogen-bond donors (Lipinski definition) is 0. The van der Waals surface area contributed by atoms with Crippen molar-refractivity contribution in [3.05, 3.63) is 240 Å². The summed E-state index contributed by atoms with van der Waals surface area (Å²) in [5, 5.41) is 10.3. The first-order valence-electron chi connectivity index (χ1n) is 23.4. The van der Waals surface area contributed by atoms with Gasteiger partial charge in [0, 0.05) is 0 Å². The lowest BCUT2D eigenvalue weighted by molar-refractivity contribution is 0.905. The zero-order valence-electron chi connectivity index (χ0n) is 36.3. The first-order valence-corrected chi connectivity index (χ1v) is 23.4. The molecule has 8 aromatic rings. The Balaban J connectivity index is 1.07. The van der Waals surface area contributed by atoms with Crippen LogP contribution >= 0.6 is 0 Å². The molecule has 0 fully saturated rings. The predicted octanol–water partition coefficient (Wildman–Crippen LogP) is 18.1. The molecular formula is C64H50. The van der Waals surface area contributed by atoms with Crippen molar-refractivity contribution in [2.45, 2.75) is 51.4 Å². The van der Waals surface area contributed by atoms with Gasteiger partial charge in [-0.25, -0.2) is 0 Å². The van der Waals surface area contributed by atoms with Gasteiger partial charge < -0.3 is 0 Å². The van der Waals surface area contributed by atoms with Crippen molar-refractivity contribution >= 4 is 54.2 Å². The molecule has 0 saturated heterocycles. The molecule has 12 rings (SSSR count). The predicted molar refractivity (Wildman–Crippen MR) is 276 cm³/mol. The summed E-state index contributed by atoms with van der Waals surface area (Å²) < 4.78 is 0. The molecule has 0 atom stereocenters. The van der Waals surface area contributed by atoms with Crippen LogP contribution in [0.5, 0.6) is 0 Å². The number of fused-ring (bicyclic) bond motifs is 4. The topological polar surface area (TPSA) is 0 Å². The largest absolute Gasteiger partial charge is 0.0842 e. The Kier molecular flexibility index (Phi) is 9.87. The molecule has 0 aromatic heterocycles. The number of benzene rings is 8. The second-order valence-electron chi connectivity index (χ2n) is 17.9. The lowest BCUT2D eigenvalue weighted by Gasteiger charge is -2.25. The van der Waals surface area contributed by atoms with Crippen molar-refractivity contribution in [1.82, 2.24) is 0 Å². The van der Waals surface area contributed by atoms with Crippen molar-refractivity contribution in [3.8, 4) is 33.4 Å². The van der Waals surface area contributed by atoms with E-state index in [0.29, 0.717) is 0 Å². The molecule has 0 N–H and O–H groups in total. The van der Waals surface area contributed by atoms with Gasteiger partial charge in [0.25, 0.3) is 0 Å². The van der Waals surface area contributed by atoms with Gasteiger partial charge in [0.05, 0.1) is 0 Å². The number of rotatable bonds is 7. The third-order valence-corrected chi connectivity index (χ3v) is 14.3. The summed E-state index contributed by atoms with van der Waals surface area (Å²) in [6.07, 6.45) is 32.0. The maximum absolute atomic E-state index is 2.40. The molecule has 0 unspecified atom stereocenters. The van der Waals surface area contributed by atoms with Gasteiger partial charge in [0.1, 0.15) is 0 Å². The van der Waals surface area contributed by atoms with Crippen molar-refractivity contribution in [2.75, 3.05) is 0 Å². The highest BCUT2D eigenvalue weighted by Gasteiger charge is 2.25. The van der Waals surface area contributed by atoms with E-state index in [0.717, 1.165) is 51.4 Å². The summed E-state index contributed by atoms with van der Waals surface area (Å²) in [6, 6.07) is 55.1. The van der Waals surface area contributed by atoms with Crippen LogP contribution in [0.15, 0.2) is 229 Å². The van der Waals surface area contributed by atoms with Crippen LogP contribution in [-0.2, 0) is 0 Å². The summed E-state index contributed by atoms with van der Waals surface area (Å²) in [7, 11) is 0. The average molecular weight is 819 g/mol. The smallest absolute Gasteiger partial charge is 0.00139 e. The van der Waals surface area contributed by atoms with Crippen LogP contribution in [0.1, 0.15) is 62.5 Å². The highest BCUT2D eigenvalue weighted by molar-refractivity contribution is 6.30. The molecule has 4 aliphatic rings. The SMILES string of the molecule is C1=CCCC(C2=CC=C(c3ccccc3-c3c4ccccc4c(-c4c5ccccc5c(-c5ccccc5C5=CC=C(C6=CC=CCC6)CC5)c5ccccc45)c4ccccc34)CC2)=C1. The fourth-order valence-corrected chi connectivity index (χ4v) is 11.3. The van der Waals surface area contributed by atoms with Crippen LogP contribution in [0.25, 0.3) is 87.6 Å². The quantitative estimate of drug-likeness (QED) is 0.141. The van der Waals surface area contributed by atoms with Crippen molar-refractivity contribution in [1.29, 1.82) is 0 Å². The summed E-state index contributed by atoms with van der Waals surface area (Å²) in [6.45, 7) is 0. The number of allylic oxidation sites excluding steroid dienone is 16. The first-order chi connectivity index (χ1) is 31.8. The Bertz CT molecular complexity index is 3130. The van der Waals surface area contributed by atoms with Gasteiger partial charge in [0.2, 0.25) is 0 Å². The van der Waals surface area contributed by atoms with Gasteiger partial charge in [-0.3, -0.25) is 0 Å². The normalized spacial score (nSPS) is 16.4. The van der Waals surface area contributed by atoms with E-state index in [4.69, 9.17) is 0 Å². The van der Waals surface area contributed by atoms with Crippen LogP contribution in [0.4, 0.5) is 0 Å². The third-order valence-electron chi connectivity index (χ3n) is 14.3. The standard InChI is InChI=1S/C64H50/c1-3-19-43(20-4-1)45-35-39-47(40-36-45)49-23-7-9-25-51(49)61-53-27-11-15-31-57(53)63(58-32-16-12-28-54(58)61)64-59-33-17-13-29-55(59)62(56-30-14-18-34-60(56)64)52-26-10-8-24-50(52)48-41-37-46(38-42-48)44-21-5-2-6-22-44/h1-3,5,7-19,21,23-35,37,39,41H,4,6,20,22,36,38,40,42H2. The molecule has 64 heavy (non-hydrogen) atoms. The molecule has 0 heterocycles. The van der Waals surface area contributed by atoms with E-state index in [2.05, 4.69) is 206 Å². The van der Waals surface area contributed by atoms with Gasteiger partial charge in [-0.15, -0.1) is 0 Å². The van der Waals surface area contributed by atoms with Crippen LogP contribution in [0.2, 0.25) is 0 Å². The van der Waals surface area contributed by atoms with Crippen LogP contribution in [0.3, 0.4) is 0 Å². The zero-order valence-corrected chi connectivity index (χ0v) is 36.3. The highest BCUT2D eigenvalue weighted by Crippen LogP contribution is 2.52. The van der Waals surface area contributed by atoms with E-state index in [-0.39, 0.29) is 0 Å². The fraction of sp³-hybridized carbons (Fsp3) is 0.125.